The molecular weight excluding hydrogens is 210 g/mol. The van der Waals surface area contributed by atoms with Crippen molar-refractivity contribution in [3.8, 4) is 0 Å². The number of nitrogens with zero attached hydrogens (tertiary/aromatic N) is 1. The van der Waals surface area contributed by atoms with Crippen molar-refractivity contribution < 1.29 is 8.42 Å². The highest BCUT2D eigenvalue weighted by Gasteiger charge is 2.29. The second kappa shape index (κ2) is 5.30. The monoisotopic (exact) mass is 233 g/mol. The summed E-state index contributed by atoms with van der Waals surface area (Å²) in [6.07, 6.45) is 2.91. The quantitative estimate of drug-likeness (QED) is 0.745. The minimum atomic E-state index is -2.97. The van der Waals surface area contributed by atoms with Gasteiger partial charge in [-0.15, -0.1) is 0 Å². The molecule has 0 aromatic carbocycles. The lowest BCUT2D eigenvalue weighted by molar-refractivity contribution is 0.219. The second-order valence-corrected chi connectivity index (χ2v) is 6.91. The van der Waals surface area contributed by atoms with Gasteiger partial charge in [-0.2, -0.15) is 0 Å². The molecule has 1 unspecified atom stereocenters. The predicted molar refractivity (Wildman–Crippen MR) is 63.2 cm³/mol. The van der Waals surface area contributed by atoms with Crippen molar-refractivity contribution in [1.82, 2.24) is 4.31 Å². The zero-order valence-corrected chi connectivity index (χ0v) is 10.9. The molecule has 3 nitrogen and oxygen atoms in total. The number of sulfonamides is 1. The molecule has 1 aliphatic heterocycles. The van der Waals surface area contributed by atoms with Crippen LogP contribution in [0.15, 0.2) is 0 Å². The minimum absolute atomic E-state index is 0.303. The van der Waals surface area contributed by atoms with Gasteiger partial charge in [0.05, 0.1) is 5.75 Å². The van der Waals surface area contributed by atoms with Crippen molar-refractivity contribution in [1.29, 1.82) is 0 Å². The summed E-state index contributed by atoms with van der Waals surface area (Å²) in [7, 11) is -2.97. The van der Waals surface area contributed by atoms with Crippen molar-refractivity contribution in [2.24, 2.45) is 11.8 Å². The SMILES string of the molecule is CCCS(=O)(=O)N1CCCC(C(C)C)C1. The maximum Gasteiger partial charge on any atom is 0.214 e. The van der Waals surface area contributed by atoms with Crippen molar-refractivity contribution in [2.75, 3.05) is 18.8 Å². The molecule has 0 N–H and O–H groups in total. The summed E-state index contributed by atoms with van der Waals surface area (Å²) in [4.78, 5) is 0. The highest BCUT2D eigenvalue weighted by Crippen LogP contribution is 2.25. The summed E-state index contributed by atoms with van der Waals surface area (Å²) in [5.74, 6) is 1.44. The average Bonchev–Trinajstić information content (AvgIpc) is 2.18. The molecule has 4 heteroatoms. The Morgan fingerprint density at radius 1 is 1.40 bits per heavy atom. The van der Waals surface area contributed by atoms with E-state index in [1.165, 1.54) is 6.42 Å². The molecule has 90 valence electrons. The van der Waals surface area contributed by atoms with E-state index in [-0.39, 0.29) is 0 Å². The minimum Gasteiger partial charge on any atom is -0.212 e. The third kappa shape index (κ3) is 3.45. The fourth-order valence-electron chi connectivity index (χ4n) is 2.16. The molecule has 0 aliphatic carbocycles. The van der Waals surface area contributed by atoms with Crippen LogP contribution >= 0.6 is 0 Å². The van der Waals surface area contributed by atoms with Crippen LogP contribution in [0.5, 0.6) is 0 Å². The lowest BCUT2D eigenvalue weighted by Crippen LogP contribution is -2.42. The molecule has 0 aromatic heterocycles. The molecule has 1 aliphatic rings. The molecule has 15 heavy (non-hydrogen) atoms. The van der Waals surface area contributed by atoms with E-state index in [1.54, 1.807) is 4.31 Å². The Morgan fingerprint density at radius 3 is 2.60 bits per heavy atom. The predicted octanol–water partition coefficient (Wildman–Crippen LogP) is 2.09. The zero-order chi connectivity index (χ0) is 11.5. The van der Waals surface area contributed by atoms with Crippen LogP contribution in [0.2, 0.25) is 0 Å². The van der Waals surface area contributed by atoms with E-state index in [9.17, 15) is 8.42 Å². The van der Waals surface area contributed by atoms with Gasteiger partial charge in [-0.05, 0) is 31.1 Å². The maximum absolute atomic E-state index is 11.9. The Morgan fingerprint density at radius 2 is 2.07 bits per heavy atom. The van der Waals surface area contributed by atoms with Crippen molar-refractivity contribution in [3.05, 3.63) is 0 Å². The van der Waals surface area contributed by atoms with Crippen LogP contribution in [0.25, 0.3) is 0 Å². The smallest absolute Gasteiger partial charge is 0.212 e. The molecule has 0 saturated carbocycles. The first-order valence-electron chi connectivity index (χ1n) is 5.95. The van der Waals surface area contributed by atoms with E-state index < -0.39 is 10.0 Å². The van der Waals surface area contributed by atoms with Gasteiger partial charge >= 0.3 is 0 Å². The standard InChI is InChI=1S/C11H23NO2S/c1-4-8-15(13,14)12-7-5-6-11(9-12)10(2)3/h10-11H,4-9H2,1-3H3. The molecule has 0 bridgehead atoms. The van der Waals surface area contributed by atoms with Crippen LogP contribution in [-0.4, -0.2) is 31.6 Å². The first-order chi connectivity index (χ1) is 6.97. The van der Waals surface area contributed by atoms with Crippen LogP contribution in [0.3, 0.4) is 0 Å². The van der Waals surface area contributed by atoms with Gasteiger partial charge in [0.15, 0.2) is 0 Å². The first-order valence-corrected chi connectivity index (χ1v) is 7.56. The second-order valence-electron chi connectivity index (χ2n) is 4.82. The van der Waals surface area contributed by atoms with E-state index in [0.717, 1.165) is 19.5 Å². The molecule has 1 atom stereocenters. The van der Waals surface area contributed by atoms with Gasteiger partial charge in [0.25, 0.3) is 0 Å². The van der Waals surface area contributed by atoms with Crippen LogP contribution < -0.4 is 0 Å². The van der Waals surface area contributed by atoms with Gasteiger partial charge in [-0.25, -0.2) is 12.7 Å². The highest BCUT2D eigenvalue weighted by atomic mass is 32.2. The molecule has 1 fully saturated rings. The van der Waals surface area contributed by atoms with Gasteiger partial charge in [-0.1, -0.05) is 20.8 Å². The Labute approximate surface area is 93.9 Å². The first kappa shape index (κ1) is 13.0. The van der Waals surface area contributed by atoms with E-state index in [1.807, 2.05) is 6.92 Å². The largest absolute Gasteiger partial charge is 0.214 e. The zero-order valence-electron chi connectivity index (χ0n) is 10.1. The average molecular weight is 233 g/mol. The highest BCUT2D eigenvalue weighted by molar-refractivity contribution is 7.89. The van der Waals surface area contributed by atoms with Gasteiger partial charge in [0.2, 0.25) is 10.0 Å². The Hall–Kier alpha value is -0.0900. The van der Waals surface area contributed by atoms with Crippen molar-refractivity contribution in [3.63, 3.8) is 0 Å². The normalized spacial score (nSPS) is 24.7. The van der Waals surface area contributed by atoms with Crippen LogP contribution in [0.1, 0.15) is 40.0 Å². The number of hydrogen-bond acceptors (Lipinski definition) is 2. The van der Waals surface area contributed by atoms with Gasteiger partial charge in [0.1, 0.15) is 0 Å². The lowest BCUT2D eigenvalue weighted by Gasteiger charge is -2.33. The van der Waals surface area contributed by atoms with E-state index in [0.29, 0.717) is 24.0 Å². The maximum atomic E-state index is 11.9. The third-order valence-corrected chi connectivity index (χ3v) is 5.26. The summed E-state index contributed by atoms with van der Waals surface area (Å²) in [5, 5.41) is 0. The summed E-state index contributed by atoms with van der Waals surface area (Å²) in [6.45, 7) is 7.74. The van der Waals surface area contributed by atoms with Crippen molar-refractivity contribution in [2.45, 2.75) is 40.0 Å². The number of hydrogen-bond donors (Lipinski definition) is 0. The Bertz CT molecular complexity index is 285. The molecule has 1 rings (SSSR count). The fraction of sp³-hybridized carbons (Fsp3) is 1.00. The van der Waals surface area contributed by atoms with E-state index in [2.05, 4.69) is 13.8 Å². The molecule has 1 heterocycles. The Balaban J connectivity index is 2.63. The topological polar surface area (TPSA) is 37.4 Å². The summed E-state index contributed by atoms with van der Waals surface area (Å²) in [5.41, 5.74) is 0. The molecule has 0 spiro atoms. The van der Waals surface area contributed by atoms with Crippen LogP contribution in [-0.2, 0) is 10.0 Å². The summed E-state index contributed by atoms with van der Waals surface area (Å²) in [6, 6.07) is 0. The molecule has 1 saturated heterocycles. The van der Waals surface area contributed by atoms with Crippen molar-refractivity contribution >= 4 is 10.0 Å². The van der Waals surface area contributed by atoms with Crippen LogP contribution in [0, 0.1) is 11.8 Å². The third-order valence-electron chi connectivity index (χ3n) is 3.22. The number of piperidine rings is 1. The molecule has 0 aromatic rings. The van der Waals surface area contributed by atoms with Gasteiger partial charge < -0.3 is 0 Å². The van der Waals surface area contributed by atoms with E-state index >= 15 is 0 Å². The lowest BCUT2D eigenvalue weighted by atomic mass is 9.89. The van der Waals surface area contributed by atoms with Crippen LogP contribution in [0.4, 0.5) is 0 Å². The number of rotatable bonds is 4. The molecular formula is C11H23NO2S. The molecule has 0 amide bonds. The summed E-state index contributed by atoms with van der Waals surface area (Å²) >= 11 is 0. The molecule has 0 radical (unpaired) electrons. The summed E-state index contributed by atoms with van der Waals surface area (Å²) < 4.78 is 25.5. The fourth-order valence-corrected chi connectivity index (χ4v) is 3.76. The van der Waals surface area contributed by atoms with Gasteiger partial charge in [0, 0.05) is 13.1 Å². The Kier molecular flexibility index (Phi) is 4.59. The van der Waals surface area contributed by atoms with Gasteiger partial charge in [-0.3, -0.25) is 0 Å². The van der Waals surface area contributed by atoms with E-state index in [4.69, 9.17) is 0 Å².